The summed E-state index contributed by atoms with van der Waals surface area (Å²) in [5.74, 6) is 7.03. The van der Waals surface area contributed by atoms with Crippen LogP contribution < -0.4 is 11.2 Å². The topological polar surface area (TPSA) is 99.0 Å². The first-order chi connectivity index (χ1) is 12.6. The Labute approximate surface area is 156 Å². The van der Waals surface area contributed by atoms with Gasteiger partial charge in [0.2, 0.25) is 16.9 Å². The van der Waals surface area contributed by atoms with Gasteiger partial charge in [-0.25, -0.2) is 4.68 Å². The van der Waals surface area contributed by atoms with Gasteiger partial charge in [0, 0.05) is 0 Å². The number of aromatic nitrogens is 3. The number of hydrogen-bond donors (Lipinski definition) is 2. The normalized spacial score (nSPS) is 12.1. The Hall–Kier alpha value is -2.74. The number of nitrogen functional groups attached to an aromatic ring is 1. The minimum absolute atomic E-state index is 0.0663. The fourth-order valence-corrected chi connectivity index (χ4v) is 3.16. The van der Waals surface area contributed by atoms with Crippen LogP contribution in [0.15, 0.2) is 52.2 Å². The number of thioether (sulfide) groups is 1. The van der Waals surface area contributed by atoms with Crippen molar-refractivity contribution < 1.29 is 9.21 Å². The Balaban J connectivity index is 1.55. The Morgan fingerprint density at radius 1 is 1.31 bits per heavy atom. The second-order valence-corrected chi connectivity index (χ2v) is 6.77. The molecule has 0 aliphatic rings. The predicted octanol–water partition coefficient (Wildman–Crippen LogP) is 2.78. The van der Waals surface area contributed by atoms with Crippen LogP contribution in [0.25, 0.3) is 11.6 Å². The molecular weight excluding hydrogens is 350 g/mol. The number of furan rings is 1. The molecule has 136 valence electrons. The third-order valence-electron chi connectivity index (χ3n) is 4.00. The summed E-state index contributed by atoms with van der Waals surface area (Å²) in [6.07, 6.45) is 2.54. The van der Waals surface area contributed by atoms with Crippen LogP contribution in [0, 0.1) is 0 Å². The molecule has 3 aromatic rings. The maximum atomic E-state index is 12.2. The van der Waals surface area contributed by atoms with E-state index in [9.17, 15) is 4.79 Å². The maximum absolute atomic E-state index is 12.2. The summed E-state index contributed by atoms with van der Waals surface area (Å²) in [6.45, 7) is 4.08. The summed E-state index contributed by atoms with van der Waals surface area (Å²) in [5, 5.41) is 11.4. The molecule has 2 heterocycles. The average molecular weight is 371 g/mol. The highest BCUT2D eigenvalue weighted by Crippen LogP contribution is 2.22. The van der Waals surface area contributed by atoms with Crippen molar-refractivity contribution in [2.75, 3.05) is 11.6 Å². The zero-order chi connectivity index (χ0) is 18.5. The number of rotatable bonds is 7. The lowest BCUT2D eigenvalue weighted by molar-refractivity contribution is -0.119. The van der Waals surface area contributed by atoms with E-state index in [-0.39, 0.29) is 17.7 Å². The summed E-state index contributed by atoms with van der Waals surface area (Å²) < 4.78 is 6.59. The molecule has 7 nitrogen and oxygen atoms in total. The average Bonchev–Trinajstić information content (AvgIpc) is 3.29. The van der Waals surface area contributed by atoms with Crippen molar-refractivity contribution in [2.45, 2.75) is 31.5 Å². The van der Waals surface area contributed by atoms with Crippen LogP contribution in [0.2, 0.25) is 0 Å². The van der Waals surface area contributed by atoms with Crippen LogP contribution in [-0.2, 0) is 11.2 Å². The molecule has 0 radical (unpaired) electrons. The van der Waals surface area contributed by atoms with E-state index in [0.29, 0.717) is 16.7 Å². The van der Waals surface area contributed by atoms with Crippen LogP contribution in [0.5, 0.6) is 0 Å². The predicted molar refractivity (Wildman–Crippen MR) is 101 cm³/mol. The number of nitrogens with two attached hydrogens (primary N) is 1. The lowest BCUT2D eigenvalue weighted by atomic mass is 10.1. The monoisotopic (exact) mass is 371 g/mol. The van der Waals surface area contributed by atoms with E-state index in [1.165, 1.54) is 22.0 Å². The molecule has 0 saturated carbocycles. The third kappa shape index (κ3) is 4.08. The molecular formula is C18H21N5O2S. The number of nitrogens with one attached hydrogen (secondary N) is 1. The molecule has 0 spiro atoms. The number of hydrogen-bond acceptors (Lipinski definition) is 6. The molecule has 1 aromatic carbocycles. The quantitative estimate of drug-likeness (QED) is 0.489. The molecule has 0 unspecified atom stereocenters. The summed E-state index contributed by atoms with van der Waals surface area (Å²) in [7, 11) is 0. The van der Waals surface area contributed by atoms with Crippen LogP contribution in [0.3, 0.4) is 0 Å². The van der Waals surface area contributed by atoms with Crippen LogP contribution in [0.1, 0.15) is 31.0 Å². The Morgan fingerprint density at radius 3 is 2.73 bits per heavy atom. The van der Waals surface area contributed by atoms with Gasteiger partial charge in [0.25, 0.3) is 0 Å². The van der Waals surface area contributed by atoms with Crippen LogP contribution >= 0.6 is 11.8 Å². The molecule has 0 bridgehead atoms. The first kappa shape index (κ1) is 18.1. The fraction of sp³-hybridized carbons (Fsp3) is 0.278. The number of carbonyl (C=O) groups excluding carboxylic acids is 1. The van der Waals surface area contributed by atoms with Gasteiger partial charge in [-0.1, -0.05) is 43.0 Å². The SMILES string of the molecule is CCc1ccc([C@H](C)NC(=O)CSc2nnc(-c3ccco3)n2N)cc1. The largest absolute Gasteiger partial charge is 0.461 e. The number of benzene rings is 1. The molecule has 26 heavy (non-hydrogen) atoms. The van der Waals surface area contributed by atoms with Crippen molar-refractivity contribution in [3.05, 3.63) is 53.8 Å². The zero-order valence-electron chi connectivity index (χ0n) is 14.7. The molecule has 0 aliphatic heterocycles. The van der Waals surface area contributed by atoms with E-state index in [1.807, 2.05) is 19.1 Å². The molecule has 3 rings (SSSR count). The Morgan fingerprint density at radius 2 is 2.08 bits per heavy atom. The second kappa shape index (κ2) is 8.09. The van der Waals surface area contributed by atoms with E-state index < -0.39 is 0 Å². The molecule has 0 fully saturated rings. The number of aryl methyl sites for hydroxylation is 1. The number of carbonyl (C=O) groups is 1. The van der Waals surface area contributed by atoms with Crippen LogP contribution in [0.4, 0.5) is 0 Å². The second-order valence-electron chi connectivity index (χ2n) is 5.83. The molecule has 3 N–H and O–H groups in total. The van der Waals surface area contributed by atoms with Gasteiger partial charge in [0.05, 0.1) is 18.1 Å². The van der Waals surface area contributed by atoms with Gasteiger partial charge >= 0.3 is 0 Å². The standard InChI is InChI=1S/C18H21N5O2S/c1-3-13-6-8-14(9-7-13)12(2)20-16(24)11-26-18-22-21-17(23(18)19)15-5-4-10-25-15/h4-10,12H,3,11,19H2,1-2H3,(H,20,24)/t12-/m0/s1. The first-order valence-electron chi connectivity index (χ1n) is 8.33. The minimum atomic E-state index is -0.0929. The number of nitrogens with zero attached hydrogens (tertiary/aromatic N) is 3. The van der Waals surface area contributed by atoms with Gasteiger partial charge in [-0.05, 0) is 36.6 Å². The van der Waals surface area contributed by atoms with Crippen molar-refractivity contribution in [1.29, 1.82) is 0 Å². The van der Waals surface area contributed by atoms with Crippen molar-refractivity contribution >= 4 is 17.7 Å². The van der Waals surface area contributed by atoms with Gasteiger partial charge in [-0.3, -0.25) is 4.79 Å². The van der Waals surface area contributed by atoms with E-state index in [2.05, 4.69) is 34.6 Å². The summed E-state index contributed by atoms with van der Waals surface area (Å²) >= 11 is 1.23. The maximum Gasteiger partial charge on any atom is 0.230 e. The van der Waals surface area contributed by atoms with Crippen molar-refractivity contribution in [2.24, 2.45) is 0 Å². The molecule has 1 atom stereocenters. The molecule has 0 saturated heterocycles. The van der Waals surface area contributed by atoms with E-state index in [4.69, 9.17) is 10.3 Å². The van der Waals surface area contributed by atoms with Crippen LogP contribution in [-0.4, -0.2) is 26.5 Å². The van der Waals surface area contributed by atoms with Crippen molar-refractivity contribution in [3.63, 3.8) is 0 Å². The van der Waals surface area contributed by atoms with Gasteiger partial charge < -0.3 is 15.6 Å². The van der Waals surface area contributed by atoms with Crippen molar-refractivity contribution in [1.82, 2.24) is 20.2 Å². The van der Waals surface area contributed by atoms with Gasteiger partial charge in [0.1, 0.15) is 0 Å². The van der Waals surface area contributed by atoms with Crippen molar-refractivity contribution in [3.8, 4) is 11.6 Å². The first-order valence-corrected chi connectivity index (χ1v) is 9.32. The number of amides is 1. The lowest BCUT2D eigenvalue weighted by Crippen LogP contribution is -2.28. The Bertz CT molecular complexity index is 858. The minimum Gasteiger partial charge on any atom is -0.461 e. The molecule has 0 aliphatic carbocycles. The molecule has 8 heteroatoms. The zero-order valence-corrected chi connectivity index (χ0v) is 15.5. The van der Waals surface area contributed by atoms with E-state index in [1.54, 1.807) is 18.4 Å². The van der Waals surface area contributed by atoms with Gasteiger partial charge in [-0.2, -0.15) is 0 Å². The summed E-state index contributed by atoms with van der Waals surface area (Å²) in [4.78, 5) is 12.2. The fourth-order valence-electron chi connectivity index (χ4n) is 2.49. The lowest BCUT2D eigenvalue weighted by Gasteiger charge is -2.14. The smallest absolute Gasteiger partial charge is 0.230 e. The van der Waals surface area contributed by atoms with E-state index >= 15 is 0 Å². The summed E-state index contributed by atoms with van der Waals surface area (Å²) in [6, 6.07) is 11.7. The summed E-state index contributed by atoms with van der Waals surface area (Å²) in [5.41, 5.74) is 2.35. The molecule has 2 aromatic heterocycles. The van der Waals surface area contributed by atoms with E-state index in [0.717, 1.165) is 12.0 Å². The third-order valence-corrected chi connectivity index (χ3v) is 4.95. The highest BCUT2D eigenvalue weighted by atomic mass is 32.2. The highest BCUT2D eigenvalue weighted by molar-refractivity contribution is 7.99. The molecule has 1 amide bonds. The highest BCUT2D eigenvalue weighted by Gasteiger charge is 2.16. The van der Waals surface area contributed by atoms with Gasteiger partial charge in [0.15, 0.2) is 5.76 Å². The Kier molecular flexibility index (Phi) is 5.62. The van der Waals surface area contributed by atoms with Gasteiger partial charge in [-0.15, -0.1) is 10.2 Å².